The highest BCUT2D eigenvalue weighted by atomic mass is 32.2. The number of aliphatic hydroxyl groups is 1. The zero-order valence-electron chi connectivity index (χ0n) is 38.0. The molecule has 4 N–H and O–H groups in total. The molecule has 4 aromatic rings. The number of carbonyl (C=O) groups is 1. The Morgan fingerprint density at radius 2 is 1.51 bits per heavy atom. The van der Waals surface area contributed by atoms with Crippen LogP contribution in [0.1, 0.15) is 78.1 Å². The molecule has 1 saturated heterocycles. The molecule has 8 bridgehead atoms. The summed E-state index contributed by atoms with van der Waals surface area (Å²) in [5, 5.41) is 34.7. The fourth-order valence-electron chi connectivity index (χ4n) is 10.3. The van der Waals surface area contributed by atoms with Gasteiger partial charge in [0, 0.05) is 84.6 Å². The van der Waals surface area contributed by atoms with Crippen LogP contribution < -0.4 is 9.80 Å². The number of aromatic nitrogens is 1. The van der Waals surface area contributed by atoms with Gasteiger partial charge in [0.15, 0.2) is 5.78 Å². The monoisotopic (exact) mass is 944 g/mol. The molecule has 0 amide bonds. The van der Waals surface area contributed by atoms with Gasteiger partial charge in [0.2, 0.25) is 0 Å². The predicted molar refractivity (Wildman–Crippen MR) is 252 cm³/mol. The van der Waals surface area contributed by atoms with Crippen LogP contribution in [-0.2, 0) is 49.7 Å². The van der Waals surface area contributed by atoms with Crippen molar-refractivity contribution < 1.29 is 51.0 Å². The van der Waals surface area contributed by atoms with Crippen LogP contribution in [0.2, 0.25) is 0 Å². The van der Waals surface area contributed by atoms with Crippen molar-refractivity contribution in [3.63, 3.8) is 0 Å². The number of rotatable bonds is 4. The number of allylic oxidation sites excluding steroid dienone is 9. The predicted octanol–water partition coefficient (Wildman–Crippen LogP) is 5.84. The van der Waals surface area contributed by atoms with Crippen LogP contribution in [0, 0.1) is 12.8 Å². The number of phenolic OH excluding ortho intramolecular Hbond substituents is 2. The van der Waals surface area contributed by atoms with Crippen LogP contribution in [0.25, 0.3) is 0 Å². The number of nitrogens with one attached hydrogen (secondary N) is 1. The fraction of sp³-hybridized carbons (Fsp3) is 0.308. The topological polar surface area (TPSA) is 213 Å². The third-order valence-electron chi connectivity index (χ3n) is 13.7. The molecule has 3 aliphatic carbocycles. The van der Waals surface area contributed by atoms with Gasteiger partial charge in [-0.15, -0.1) is 0 Å². The molecule has 67 heavy (non-hydrogen) atoms. The molecule has 2 aliphatic heterocycles. The van der Waals surface area contributed by atoms with Crippen molar-refractivity contribution in [2.24, 2.45) is 5.92 Å². The maximum absolute atomic E-state index is 14.3. The number of Topliss-reactive ketones (excluding diaryl/α,β-unsaturated/α-hetero) is 1. The summed E-state index contributed by atoms with van der Waals surface area (Å²) in [6.07, 6.45) is 13.5. The molecule has 0 spiro atoms. The molecule has 3 aromatic carbocycles. The van der Waals surface area contributed by atoms with Gasteiger partial charge in [-0.05, 0) is 107 Å². The number of aromatic hydroxyl groups is 2. The lowest BCUT2D eigenvalue weighted by Gasteiger charge is -2.30. The Hall–Kier alpha value is -5.94. The third-order valence-corrected chi connectivity index (χ3v) is 15.4. The first kappa shape index (κ1) is 47.5. The lowest BCUT2D eigenvalue weighted by molar-refractivity contribution is -0.898. The van der Waals surface area contributed by atoms with Crippen molar-refractivity contribution in [1.82, 2.24) is 4.98 Å². The number of nitrogens with zero attached hydrogens (tertiary/aromatic N) is 2. The summed E-state index contributed by atoms with van der Waals surface area (Å²) < 4.78 is 74.4. The van der Waals surface area contributed by atoms with Gasteiger partial charge in [-0.1, -0.05) is 68.0 Å². The number of likely N-dealkylation sites (N-methyl/N-ethyl adjacent to an activating group) is 1. The van der Waals surface area contributed by atoms with E-state index in [9.17, 15) is 46.1 Å². The summed E-state index contributed by atoms with van der Waals surface area (Å²) in [6.45, 7) is 7.23. The summed E-state index contributed by atoms with van der Waals surface area (Å²) in [7, 11) is -5.81. The molecule has 15 heteroatoms. The second-order valence-corrected chi connectivity index (χ2v) is 21.5. The lowest BCUT2D eigenvalue weighted by Crippen LogP contribution is -3.07. The molecule has 13 nitrogen and oxygen atoms in total. The molecule has 9 rings (SSSR count). The normalized spacial score (nSPS) is 23.7. The van der Waals surface area contributed by atoms with Crippen molar-refractivity contribution in [3.8, 4) is 11.5 Å². The Balaban J connectivity index is 0.000000437. The van der Waals surface area contributed by atoms with Gasteiger partial charge in [-0.3, -0.25) is 9.78 Å². The molecule has 4 atom stereocenters. The highest BCUT2D eigenvalue weighted by molar-refractivity contribution is 7.90. The summed E-state index contributed by atoms with van der Waals surface area (Å²) in [4.78, 5) is 21.0. The van der Waals surface area contributed by atoms with E-state index in [4.69, 9.17) is 0 Å². The van der Waals surface area contributed by atoms with E-state index in [2.05, 4.69) is 42.9 Å². The highest BCUT2D eigenvalue weighted by Gasteiger charge is 2.38. The van der Waals surface area contributed by atoms with E-state index in [0.717, 1.165) is 41.2 Å². The molecule has 0 radical (unpaired) electrons. The number of anilines is 1. The second-order valence-electron chi connectivity index (χ2n) is 18.7. The van der Waals surface area contributed by atoms with Crippen molar-refractivity contribution in [2.75, 3.05) is 25.5 Å². The van der Waals surface area contributed by atoms with Gasteiger partial charge in [0.25, 0.3) is 0 Å². The number of aryl methyl sites for hydroxylation is 1. The number of ketones is 1. The number of carbonyl (C=O) groups excluding carboxylic acids is 1. The number of fused-ring (bicyclic) bond motifs is 9. The quantitative estimate of drug-likeness (QED) is 0.178. The first-order chi connectivity index (χ1) is 31.6. The second kappa shape index (κ2) is 18.3. The number of pyridine rings is 1. The maximum atomic E-state index is 14.3. The van der Waals surface area contributed by atoms with Crippen molar-refractivity contribution in [3.05, 3.63) is 181 Å². The average Bonchev–Trinajstić information content (AvgIpc) is 3.78. The number of quaternary nitrogens is 1. The maximum Gasteiger partial charge on any atom is 0.185 e. The van der Waals surface area contributed by atoms with Crippen molar-refractivity contribution >= 4 is 31.7 Å². The SMILES string of the molecule is C[NH+]1CCC[C@H]1c1cccnc1.Cc1cc2c(O)c(c1)Cc1cc(S(=O)(=O)[O-])cc(c1O)CC1=CC(=CC=C3N(C)c4ccccc4C3(C)C)C=C(CC3C=C(S(=O)(=O)[O-])C=C(C2)C3O)C1=O. The number of likely N-dealkylation sites (tertiary alicyclic amines) is 1. The van der Waals surface area contributed by atoms with Gasteiger partial charge in [-0.2, -0.15) is 0 Å². The first-order valence-corrected chi connectivity index (χ1v) is 25.0. The van der Waals surface area contributed by atoms with Gasteiger partial charge >= 0.3 is 0 Å². The largest absolute Gasteiger partial charge is 0.744 e. The van der Waals surface area contributed by atoms with Gasteiger partial charge in [-0.25, -0.2) is 16.8 Å². The minimum atomic E-state index is -5.03. The summed E-state index contributed by atoms with van der Waals surface area (Å²) in [6, 6.07) is 18.2. The van der Waals surface area contributed by atoms with Crippen molar-refractivity contribution in [1.29, 1.82) is 0 Å². The van der Waals surface area contributed by atoms with E-state index in [-0.39, 0.29) is 81.6 Å². The van der Waals surface area contributed by atoms with Crippen LogP contribution in [-0.4, -0.2) is 78.8 Å². The number of para-hydroxylation sites is 1. The zero-order valence-corrected chi connectivity index (χ0v) is 39.6. The van der Waals surface area contributed by atoms with Crippen molar-refractivity contribution in [2.45, 2.75) is 81.8 Å². The summed E-state index contributed by atoms with van der Waals surface area (Å²) >= 11 is 0. The number of aliphatic hydroxyl groups excluding tert-OH is 1. The molecular weight excluding hydrogens is 891 g/mol. The van der Waals surface area contributed by atoms with Crippen LogP contribution in [0.15, 0.2) is 147 Å². The molecule has 3 heterocycles. The molecule has 5 aliphatic rings. The molecule has 350 valence electrons. The van der Waals surface area contributed by atoms with Crippen LogP contribution in [0.5, 0.6) is 11.5 Å². The van der Waals surface area contributed by atoms with Gasteiger partial charge < -0.3 is 34.2 Å². The molecule has 1 fully saturated rings. The van der Waals surface area contributed by atoms with Crippen LogP contribution in [0.3, 0.4) is 0 Å². The summed E-state index contributed by atoms with van der Waals surface area (Å²) in [5.74, 6) is -2.17. The number of phenols is 2. The minimum Gasteiger partial charge on any atom is -0.744 e. The zero-order chi connectivity index (χ0) is 48.2. The average molecular weight is 945 g/mol. The highest BCUT2D eigenvalue weighted by Crippen LogP contribution is 2.47. The fourth-order valence-corrected chi connectivity index (χ4v) is 11.5. The van der Waals surface area contributed by atoms with E-state index >= 15 is 0 Å². The van der Waals surface area contributed by atoms with Crippen LogP contribution in [0.4, 0.5) is 5.69 Å². The van der Waals surface area contributed by atoms with Crippen LogP contribution >= 0.6 is 0 Å². The van der Waals surface area contributed by atoms with E-state index in [0.29, 0.717) is 17.2 Å². The Labute approximate surface area is 392 Å². The standard InChI is InChI=1S/C42H41NO10S2.C10H14N2/c1-23-11-25-15-29-19-33(54(48,49)50)21-31(40(29)46)17-27-13-24(9-10-37-42(2,3)35-7-5-6-8-36(35)43(37)4)14-28(39(27)45)18-32-22-34(55(51,52)53)20-30(41(32)47)16-26(12-23)38(25)44;1-12-7-3-5-10(12)9-4-2-6-11-8-9/h5-14,19-22,31,40,44,46-47H,15-18H2,1-4H3,(H,48,49,50)(H,51,52,53);2,4,6,8,10H,3,5,7H2,1H3/p-1/t;10-/m.0/s1. The lowest BCUT2D eigenvalue weighted by atomic mass is 9.79. The molecular formula is C52H54N3O10S2-. The van der Waals surface area contributed by atoms with E-state index in [1.807, 2.05) is 55.9 Å². The third kappa shape index (κ3) is 9.76. The molecule has 0 saturated carbocycles. The Bertz CT molecular complexity index is 3090. The van der Waals surface area contributed by atoms with E-state index in [1.165, 1.54) is 24.9 Å². The Kier molecular flexibility index (Phi) is 13.0. The minimum absolute atomic E-state index is 0.0108. The van der Waals surface area contributed by atoms with E-state index < -0.39 is 47.8 Å². The Morgan fingerprint density at radius 1 is 0.851 bits per heavy atom. The Morgan fingerprint density at radius 3 is 2.13 bits per heavy atom. The van der Waals surface area contributed by atoms with Gasteiger partial charge in [0.1, 0.15) is 37.8 Å². The number of hydrogen-bond acceptors (Lipinski definition) is 12. The number of benzene rings is 3. The molecule has 1 aromatic heterocycles. The van der Waals surface area contributed by atoms with E-state index in [1.54, 1.807) is 36.1 Å². The van der Waals surface area contributed by atoms with Gasteiger partial charge in [0.05, 0.1) is 29.5 Å². The first-order valence-electron chi connectivity index (χ1n) is 22.2. The number of hydrogen-bond donors (Lipinski definition) is 4. The molecule has 3 unspecified atom stereocenters. The smallest absolute Gasteiger partial charge is 0.185 e. The summed E-state index contributed by atoms with van der Waals surface area (Å²) in [5.41, 5.74) is 6.25.